The molecule has 0 aliphatic heterocycles. The minimum Gasteiger partial charge on any atom is -0.495 e. The number of carbonyl (C=O) groups excluding carboxylic acids is 2. The molecule has 2 N–H and O–H groups in total. The van der Waals surface area contributed by atoms with E-state index in [2.05, 4.69) is 10.6 Å². The number of hydrogen-bond donors (Lipinski definition) is 2. The number of carbonyl (C=O) groups is 2. The SMILES string of the molecule is COc1ccc(NC(=O)CC(=O)Nc2cc(C)ccc2C)cc1Cl. The van der Waals surface area contributed by atoms with Crippen molar-refractivity contribution in [3.05, 3.63) is 52.5 Å². The van der Waals surface area contributed by atoms with Gasteiger partial charge in [0.05, 0.1) is 12.1 Å². The second-order valence-electron chi connectivity index (χ2n) is 5.44. The Morgan fingerprint density at radius 1 is 1.04 bits per heavy atom. The molecule has 2 aromatic carbocycles. The summed E-state index contributed by atoms with van der Waals surface area (Å²) in [5.74, 6) is -0.276. The van der Waals surface area contributed by atoms with Crippen LogP contribution in [-0.2, 0) is 9.59 Å². The number of rotatable bonds is 5. The number of nitrogens with one attached hydrogen (secondary N) is 2. The zero-order valence-corrected chi connectivity index (χ0v) is 14.5. The summed E-state index contributed by atoms with van der Waals surface area (Å²) in [7, 11) is 1.51. The van der Waals surface area contributed by atoms with Gasteiger partial charge in [0.15, 0.2) is 0 Å². The molecule has 0 unspecified atom stereocenters. The number of benzene rings is 2. The van der Waals surface area contributed by atoms with Gasteiger partial charge in [0.25, 0.3) is 0 Å². The van der Waals surface area contributed by atoms with E-state index in [1.165, 1.54) is 7.11 Å². The predicted molar refractivity (Wildman–Crippen MR) is 95.8 cm³/mol. The fourth-order valence-corrected chi connectivity index (χ4v) is 2.42. The molecule has 0 atom stereocenters. The topological polar surface area (TPSA) is 67.4 Å². The molecule has 0 aliphatic carbocycles. The Kier molecular flexibility index (Phi) is 5.82. The van der Waals surface area contributed by atoms with Crippen LogP contribution in [0.1, 0.15) is 17.5 Å². The average Bonchev–Trinajstić information content (AvgIpc) is 2.51. The molecule has 2 amide bonds. The molecule has 6 heteroatoms. The van der Waals surface area contributed by atoms with E-state index in [0.29, 0.717) is 22.1 Å². The highest BCUT2D eigenvalue weighted by molar-refractivity contribution is 6.32. The number of amides is 2. The lowest BCUT2D eigenvalue weighted by atomic mass is 10.1. The van der Waals surface area contributed by atoms with E-state index >= 15 is 0 Å². The average molecular weight is 347 g/mol. The Balaban J connectivity index is 1.95. The number of halogens is 1. The van der Waals surface area contributed by atoms with E-state index in [-0.39, 0.29) is 12.3 Å². The van der Waals surface area contributed by atoms with E-state index in [0.717, 1.165) is 11.1 Å². The fraction of sp³-hybridized carbons (Fsp3) is 0.222. The molecule has 5 nitrogen and oxygen atoms in total. The smallest absolute Gasteiger partial charge is 0.233 e. The van der Waals surface area contributed by atoms with Crippen LogP contribution in [0.25, 0.3) is 0 Å². The molecule has 0 saturated carbocycles. The Morgan fingerprint density at radius 3 is 2.42 bits per heavy atom. The number of hydrogen-bond acceptors (Lipinski definition) is 3. The van der Waals surface area contributed by atoms with Gasteiger partial charge in [0, 0.05) is 11.4 Å². The molecule has 24 heavy (non-hydrogen) atoms. The van der Waals surface area contributed by atoms with Gasteiger partial charge in [0.1, 0.15) is 12.2 Å². The van der Waals surface area contributed by atoms with Crippen LogP contribution in [0.2, 0.25) is 5.02 Å². The third kappa shape index (κ3) is 4.73. The fourth-order valence-electron chi connectivity index (χ4n) is 2.16. The lowest BCUT2D eigenvalue weighted by Crippen LogP contribution is -2.21. The van der Waals surface area contributed by atoms with Crippen molar-refractivity contribution >= 4 is 34.8 Å². The Labute approximate surface area is 146 Å². The van der Waals surface area contributed by atoms with E-state index < -0.39 is 5.91 Å². The summed E-state index contributed by atoms with van der Waals surface area (Å²) < 4.78 is 5.05. The van der Waals surface area contributed by atoms with Crippen molar-refractivity contribution in [2.75, 3.05) is 17.7 Å². The van der Waals surface area contributed by atoms with Gasteiger partial charge in [-0.3, -0.25) is 9.59 Å². The van der Waals surface area contributed by atoms with Crippen LogP contribution in [0.4, 0.5) is 11.4 Å². The van der Waals surface area contributed by atoms with Crippen molar-refractivity contribution in [3.8, 4) is 5.75 Å². The first-order chi connectivity index (χ1) is 11.4. The van der Waals surface area contributed by atoms with Gasteiger partial charge in [0.2, 0.25) is 11.8 Å². The Bertz CT molecular complexity index is 775. The zero-order valence-electron chi connectivity index (χ0n) is 13.8. The largest absolute Gasteiger partial charge is 0.495 e. The van der Waals surface area contributed by atoms with Crippen molar-refractivity contribution in [1.29, 1.82) is 0 Å². The van der Waals surface area contributed by atoms with Gasteiger partial charge in [-0.1, -0.05) is 23.7 Å². The van der Waals surface area contributed by atoms with Gasteiger partial charge in [-0.15, -0.1) is 0 Å². The summed E-state index contributed by atoms with van der Waals surface area (Å²) in [5, 5.41) is 5.77. The number of anilines is 2. The molecule has 2 aromatic rings. The second-order valence-corrected chi connectivity index (χ2v) is 5.85. The molecule has 0 bridgehead atoms. The van der Waals surface area contributed by atoms with Crippen molar-refractivity contribution in [2.45, 2.75) is 20.3 Å². The van der Waals surface area contributed by atoms with Gasteiger partial charge in [-0.2, -0.15) is 0 Å². The van der Waals surface area contributed by atoms with Crippen LogP contribution < -0.4 is 15.4 Å². The summed E-state index contributed by atoms with van der Waals surface area (Å²) in [6.45, 7) is 3.84. The van der Waals surface area contributed by atoms with Crippen LogP contribution in [0, 0.1) is 13.8 Å². The Morgan fingerprint density at radius 2 is 1.75 bits per heavy atom. The van der Waals surface area contributed by atoms with Crippen LogP contribution >= 0.6 is 11.6 Å². The van der Waals surface area contributed by atoms with Crippen LogP contribution in [-0.4, -0.2) is 18.9 Å². The summed E-state index contributed by atoms with van der Waals surface area (Å²) >= 11 is 6.00. The van der Waals surface area contributed by atoms with Crippen LogP contribution in [0.3, 0.4) is 0 Å². The third-order valence-corrected chi connectivity index (χ3v) is 3.72. The summed E-state index contributed by atoms with van der Waals surface area (Å²) in [6.07, 6.45) is -0.281. The van der Waals surface area contributed by atoms with E-state index in [4.69, 9.17) is 16.3 Å². The van der Waals surface area contributed by atoms with Gasteiger partial charge >= 0.3 is 0 Å². The first-order valence-corrected chi connectivity index (χ1v) is 7.77. The van der Waals surface area contributed by atoms with E-state index in [1.54, 1.807) is 18.2 Å². The molecule has 2 rings (SSSR count). The van der Waals surface area contributed by atoms with Crippen LogP contribution in [0.15, 0.2) is 36.4 Å². The molecule has 0 radical (unpaired) electrons. The van der Waals surface area contributed by atoms with Gasteiger partial charge < -0.3 is 15.4 Å². The quantitative estimate of drug-likeness (QED) is 0.806. The molecule has 0 aliphatic rings. The standard InChI is InChI=1S/C18H19ClN2O3/c1-11-4-5-12(2)15(8-11)21-18(23)10-17(22)20-13-6-7-16(24-3)14(19)9-13/h4-9H,10H2,1-3H3,(H,20,22)(H,21,23). The lowest BCUT2D eigenvalue weighted by molar-refractivity contribution is -0.123. The highest BCUT2D eigenvalue weighted by atomic mass is 35.5. The third-order valence-electron chi connectivity index (χ3n) is 3.42. The van der Waals surface area contributed by atoms with Crippen LogP contribution in [0.5, 0.6) is 5.75 Å². The maximum Gasteiger partial charge on any atom is 0.233 e. The lowest BCUT2D eigenvalue weighted by Gasteiger charge is -2.10. The molecule has 0 fully saturated rings. The summed E-state index contributed by atoms with van der Waals surface area (Å²) in [4.78, 5) is 24.0. The molecule has 0 heterocycles. The molecular formula is C18H19ClN2O3. The van der Waals surface area contributed by atoms with Crippen molar-refractivity contribution < 1.29 is 14.3 Å². The normalized spacial score (nSPS) is 10.2. The molecular weight excluding hydrogens is 328 g/mol. The molecule has 0 aromatic heterocycles. The van der Waals surface area contributed by atoms with E-state index in [1.807, 2.05) is 32.0 Å². The van der Waals surface area contributed by atoms with Gasteiger partial charge in [-0.25, -0.2) is 0 Å². The summed E-state index contributed by atoms with van der Waals surface area (Å²) in [5.41, 5.74) is 3.19. The van der Waals surface area contributed by atoms with Crippen molar-refractivity contribution in [3.63, 3.8) is 0 Å². The number of methoxy groups -OCH3 is 1. The van der Waals surface area contributed by atoms with E-state index in [9.17, 15) is 9.59 Å². The number of aryl methyl sites for hydroxylation is 2. The highest BCUT2D eigenvalue weighted by Gasteiger charge is 2.12. The first kappa shape index (κ1) is 17.8. The Hall–Kier alpha value is -2.53. The maximum atomic E-state index is 12.0. The molecule has 0 saturated heterocycles. The van der Waals surface area contributed by atoms with Crippen molar-refractivity contribution in [2.24, 2.45) is 0 Å². The highest BCUT2D eigenvalue weighted by Crippen LogP contribution is 2.27. The minimum atomic E-state index is -0.418. The molecule has 126 valence electrons. The first-order valence-electron chi connectivity index (χ1n) is 7.39. The van der Waals surface area contributed by atoms with Gasteiger partial charge in [-0.05, 0) is 49.2 Å². The maximum absolute atomic E-state index is 12.0. The second kappa shape index (κ2) is 7.84. The number of ether oxygens (including phenoxy) is 1. The minimum absolute atomic E-state index is 0.281. The monoisotopic (exact) mass is 346 g/mol. The predicted octanol–water partition coefficient (Wildman–Crippen LogP) is 3.93. The zero-order chi connectivity index (χ0) is 17.7. The summed E-state index contributed by atoms with van der Waals surface area (Å²) in [6, 6.07) is 10.6. The van der Waals surface area contributed by atoms with Crippen molar-refractivity contribution in [1.82, 2.24) is 0 Å². The molecule has 0 spiro atoms.